The first kappa shape index (κ1) is 10.6. The lowest BCUT2D eigenvalue weighted by Crippen LogP contribution is -1.92. The molecule has 2 aromatic rings. The maximum atomic E-state index is 5.87. The van der Waals surface area contributed by atoms with Crippen LogP contribution in [0.15, 0.2) is 34.7 Å². The molecule has 0 aliphatic rings. The van der Waals surface area contributed by atoms with E-state index in [1.165, 1.54) is 0 Å². The van der Waals surface area contributed by atoms with Crippen molar-refractivity contribution >= 4 is 11.4 Å². The van der Waals surface area contributed by atoms with Crippen molar-refractivity contribution in [1.82, 2.24) is 0 Å². The molecule has 0 atom stereocenters. The van der Waals surface area contributed by atoms with Crippen LogP contribution in [0.3, 0.4) is 0 Å². The Labute approximate surface area is 93.8 Å². The van der Waals surface area contributed by atoms with E-state index < -0.39 is 0 Å². The molecule has 0 aliphatic heterocycles. The van der Waals surface area contributed by atoms with Crippen molar-refractivity contribution < 1.29 is 9.15 Å². The molecular formula is C12H14N2O2. The highest BCUT2D eigenvalue weighted by atomic mass is 16.5. The zero-order valence-electron chi connectivity index (χ0n) is 9.07. The molecule has 84 valence electrons. The Morgan fingerprint density at radius 1 is 1.19 bits per heavy atom. The Morgan fingerprint density at radius 2 is 2.00 bits per heavy atom. The molecule has 16 heavy (non-hydrogen) atoms. The maximum absolute atomic E-state index is 5.87. The van der Waals surface area contributed by atoms with E-state index in [1.807, 2.05) is 18.2 Å². The van der Waals surface area contributed by atoms with Gasteiger partial charge in [0.1, 0.15) is 18.1 Å². The third-order valence-corrected chi connectivity index (χ3v) is 2.29. The van der Waals surface area contributed by atoms with Crippen molar-refractivity contribution in [3.05, 3.63) is 36.1 Å². The third kappa shape index (κ3) is 2.01. The minimum atomic E-state index is 0.453. The van der Waals surface area contributed by atoms with Crippen LogP contribution in [0.25, 0.3) is 11.3 Å². The number of ether oxygens (including phenoxy) is 1. The molecule has 1 heterocycles. The van der Waals surface area contributed by atoms with Crippen molar-refractivity contribution in [2.24, 2.45) is 0 Å². The molecule has 0 spiro atoms. The largest absolute Gasteiger partial charge is 0.459 e. The summed E-state index contributed by atoms with van der Waals surface area (Å²) in [5, 5.41) is 0. The van der Waals surface area contributed by atoms with Crippen LogP contribution in [0.1, 0.15) is 5.76 Å². The lowest BCUT2D eigenvalue weighted by Gasteiger charge is -2.03. The van der Waals surface area contributed by atoms with E-state index in [-0.39, 0.29) is 0 Å². The number of benzene rings is 1. The average molecular weight is 218 g/mol. The van der Waals surface area contributed by atoms with Crippen molar-refractivity contribution in [2.75, 3.05) is 18.6 Å². The van der Waals surface area contributed by atoms with Crippen LogP contribution in [0.4, 0.5) is 11.4 Å². The standard InChI is InChI=1S/C12H14N2O2/c1-15-7-9-3-5-12(16-9)10-4-2-8(13)6-11(10)14/h2-6H,7,13-14H2,1H3. The van der Waals surface area contributed by atoms with Crippen LogP contribution < -0.4 is 11.5 Å². The lowest BCUT2D eigenvalue weighted by atomic mass is 10.1. The molecule has 0 radical (unpaired) electrons. The second kappa shape index (κ2) is 4.28. The van der Waals surface area contributed by atoms with Gasteiger partial charge < -0.3 is 20.6 Å². The Balaban J connectivity index is 2.35. The number of rotatable bonds is 3. The molecule has 4 N–H and O–H groups in total. The molecule has 4 heteroatoms. The highest BCUT2D eigenvalue weighted by Crippen LogP contribution is 2.29. The van der Waals surface area contributed by atoms with Gasteiger partial charge in [-0.25, -0.2) is 0 Å². The van der Waals surface area contributed by atoms with Crippen LogP contribution in [0, 0.1) is 0 Å². The van der Waals surface area contributed by atoms with E-state index in [1.54, 1.807) is 19.2 Å². The van der Waals surface area contributed by atoms with Crippen molar-refractivity contribution in [3.8, 4) is 11.3 Å². The molecule has 0 fully saturated rings. The highest BCUT2D eigenvalue weighted by molar-refractivity contribution is 5.75. The summed E-state index contributed by atoms with van der Waals surface area (Å²) in [7, 11) is 1.62. The SMILES string of the molecule is COCc1ccc(-c2ccc(N)cc2N)o1. The van der Waals surface area contributed by atoms with Gasteiger partial charge in [0.25, 0.3) is 0 Å². The summed E-state index contributed by atoms with van der Waals surface area (Å²) < 4.78 is 10.6. The van der Waals surface area contributed by atoms with Crippen LogP contribution in [-0.4, -0.2) is 7.11 Å². The van der Waals surface area contributed by atoms with Gasteiger partial charge in [0.2, 0.25) is 0 Å². The topological polar surface area (TPSA) is 74.4 Å². The van der Waals surface area contributed by atoms with E-state index in [0.29, 0.717) is 18.0 Å². The maximum Gasteiger partial charge on any atom is 0.136 e. The zero-order valence-corrected chi connectivity index (χ0v) is 9.07. The quantitative estimate of drug-likeness (QED) is 0.775. The molecule has 0 bridgehead atoms. The monoisotopic (exact) mass is 218 g/mol. The third-order valence-electron chi connectivity index (χ3n) is 2.29. The molecule has 0 saturated heterocycles. The van der Waals surface area contributed by atoms with Crippen LogP contribution in [0.2, 0.25) is 0 Å². The van der Waals surface area contributed by atoms with E-state index in [9.17, 15) is 0 Å². The van der Waals surface area contributed by atoms with E-state index in [4.69, 9.17) is 20.6 Å². The normalized spacial score (nSPS) is 10.6. The van der Waals surface area contributed by atoms with Gasteiger partial charge in [-0.3, -0.25) is 0 Å². The van der Waals surface area contributed by atoms with Gasteiger partial charge >= 0.3 is 0 Å². The number of anilines is 2. The summed E-state index contributed by atoms with van der Waals surface area (Å²) in [5.74, 6) is 1.50. The molecule has 0 saturated carbocycles. The summed E-state index contributed by atoms with van der Waals surface area (Å²) in [6, 6.07) is 9.10. The van der Waals surface area contributed by atoms with Gasteiger partial charge in [0.15, 0.2) is 0 Å². The smallest absolute Gasteiger partial charge is 0.136 e. The molecule has 0 amide bonds. The second-order valence-electron chi connectivity index (χ2n) is 3.55. The predicted octanol–water partition coefficient (Wildman–Crippen LogP) is 2.26. The van der Waals surface area contributed by atoms with Gasteiger partial charge in [-0.1, -0.05) is 0 Å². The minimum absolute atomic E-state index is 0.453. The molecule has 1 aromatic carbocycles. The van der Waals surface area contributed by atoms with Crippen molar-refractivity contribution in [2.45, 2.75) is 6.61 Å². The summed E-state index contributed by atoms with van der Waals surface area (Å²) in [6.07, 6.45) is 0. The number of hydrogen-bond donors (Lipinski definition) is 2. The van der Waals surface area contributed by atoms with Gasteiger partial charge in [0.05, 0.1) is 0 Å². The Hall–Kier alpha value is -1.94. The number of hydrogen-bond acceptors (Lipinski definition) is 4. The number of methoxy groups -OCH3 is 1. The fourth-order valence-electron chi connectivity index (χ4n) is 1.55. The number of furan rings is 1. The van der Waals surface area contributed by atoms with Gasteiger partial charge in [0, 0.05) is 24.0 Å². The Morgan fingerprint density at radius 3 is 2.69 bits per heavy atom. The molecule has 0 aliphatic carbocycles. The van der Waals surface area contributed by atoms with E-state index in [0.717, 1.165) is 17.1 Å². The van der Waals surface area contributed by atoms with Gasteiger partial charge in [-0.05, 0) is 30.3 Å². The summed E-state index contributed by atoms with van der Waals surface area (Å²) in [5.41, 5.74) is 13.6. The van der Waals surface area contributed by atoms with E-state index in [2.05, 4.69) is 0 Å². The number of nitrogen functional groups attached to an aromatic ring is 2. The average Bonchev–Trinajstić information content (AvgIpc) is 2.67. The van der Waals surface area contributed by atoms with Crippen molar-refractivity contribution in [3.63, 3.8) is 0 Å². The van der Waals surface area contributed by atoms with Gasteiger partial charge in [-0.2, -0.15) is 0 Å². The first-order chi connectivity index (χ1) is 7.70. The fourth-order valence-corrected chi connectivity index (χ4v) is 1.55. The Bertz CT molecular complexity index is 492. The predicted molar refractivity (Wildman–Crippen MR) is 63.7 cm³/mol. The fraction of sp³-hybridized carbons (Fsp3) is 0.167. The van der Waals surface area contributed by atoms with Crippen LogP contribution >= 0.6 is 0 Å². The molecular weight excluding hydrogens is 204 g/mol. The lowest BCUT2D eigenvalue weighted by molar-refractivity contribution is 0.165. The molecule has 4 nitrogen and oxygen atoms in total. The minimum Gasteiger partial charge on any atom is -0.459 e. The molecule has 2 rings (SSSR count). The van der Waals surface area contributed by atoms with Crippen molar-refractivity contribution in [1.29, 1.82) is 0 Å². The Kier molecular flexibility index (Phi) is 2.83. The first-order valence-electron chi connectivity index (χ1n) is 4.93. The van der Waals surface area contributed by atoms with Crippen LogP contribution in [0.5, 0.6) is 0 Å². The van der Waals surface area contributed by atoms with E-state index >= 15 is 0 Å². The zero-order chi connectivity index (χ0) is 11.5. The highest BCUT2D eigenvalue weighted by Gasteiger charge is 2.07. The second-order valence-corrected chi connectivity index (χ2v) is 3.55. The summed E-state index contributed by atoms with van der Waals surface area (Å²) >= 11 is 0. The summed E-state index contributed by atoms with van der Waals surface area (Å²) in [4.78, 5) is 0. The number of nitrogens with two attached hydrogens (primary N) is 2. The molecule has 1 aromatic heterocycles. The van der Waals surface area contributed by atoms with Gasteiger partial charge in [-0.15, -0.1) is 0 Å². The first-order valence-corrected chi connectivity index (χ1v) is 4.93. The van der Waals surface area contributed by atoms with Crippen LogP contribution in [-0.2, 0) is 11.3 Å². The molecule has 0 unspecified atom stereocenters. The summed E-state index contributed by atoms with van der Waals surface area (Å²) in [6.45, 7) is 0.453.